The van der Waals surface area contributed by atoms with Crippen LogP contribution in [0.4, 0.5) is 10.5 Å². The number of anilines is 1. The Balaban J connectivity index is 1.50. The lowest BCUT2D eigenvalue weighted by molar-refractivity contribution is 0.137. The third-order valence-corrected chi connectivity index (χ3v) is 4.81. The molecule has 1 saturated heterocycles. The van der Waals surface area contributed by atoms with Gasteiger partial charge in [-0.15, -0.1) is 0 Å². The molecule has 1 aliphatic carbocycles. The monoisotopic (exact) mass is 305 g/mol. The molecule has 1 aromatic rings. The first kappa shape index (κ1) is 15.3. The zero-order valence-electron chi connectivity index (χ0n) is 13.8. The van der Waals surface area contributed by atoms with Gasteiger partial charge in [-0.25, -0.2) is 4.79 Å². The van der Waals surface area contributed by atoms with Crippen LogP contribution in [0.1, 0.15) is 45.6 Å². The Kier molecular flexibility index (Phi) is 4.38. The molecule has 6 heteroatoms. The Hall–Kier alpha value is -1.56. The molecule has 122 valence electrons. The van der Waals surface area contributed by atoms with Crippen LogP contribution in [-0.4, -0.2) is 57.8 Å². The number of piperidine rings is 1. The van der Waals surface area contributed by atoms with Gasteiger partial charge in [0.05, 0.1) is 11.9 Å². The molecule has 0 radical (unpaired) electrons. The number of amides is 2. The van der Waals surface area contributed by atoms with E-state index in [9.17, 15) is 4.79 Å². The third kappa shape index (κ3) is 3.43. The summed E-state index contributed by atoms with van der Waals surface area (Å²) in [6.07, 6.45) is 8.46. The second-order valence-corrected chi connectivity index (χ2v) is 6.84. The summed E-state index contributed by atoms with van der Waals surface area (Å²) in [5.74, 6) is 0. The standard InChI is InChI=1S/C16H27N5O/c1-12(2)21-11-13(10-17-21)18-16(22)19(3)14-6-8-20(9-7-14)15-4-5-15/h10-12,14-15H,4-9H2,1-3H3,(H,18,22). The van der Waals surface area contributed by atoms with E-state index in [1.54, 1.807) is 6.20 Å². The average Bonchev–Trinajstić information content (AvgIpc) is 3.26. The maximum absolute atomic E-state index is 12.4. The Bertz CT molecular complexity index is 514. The van der Waals surface area contributed by atoms with Crippen molar-refractivity contribution in [1.29, 1.82) is 0 Å². The molecule has 2 amide bonds. The molecule has 0 aromatic carbocycles. The smallest absolute Gasteiger partial charge is 0.321 e. The van der Waals surface area contributed by atoms with Crippen LogP contribution in [0.5, 0.6) is 0 Å². The maximum Gasteiger partial charge on any atom is 0.321 e. The number of nitrogens with one attached hydrogen (secondary N) is 1. The highest BCUT2D eigenvalue weighted by Crippen LogP contribution is 2.30. The highest BCUT2D eigenvalue weighted by atomic mass is 16.2. The number of urea groups is 1. The highest BCUT2D eigenvalue weighted by molar-refractivity contribution is 5.89. The van der Waals surface area contributed by atoms with Crippen LogP contribution >= 0.6 is 0 Å². The summed E-state index contributed by atoms with van der Waals surface area (Å²) < 4.78 is 1.85. The van der Waals surface area contributed by atoms with Crippen molar-refractivity contribution in [2.24, 2.45) is 0 Å². The molecule has 0 bridgehead atoms. The molecule has 2 heterocycles. The normalized spacial score (nSPS) is 20.4. The van der Waals surface area contributed by atoms with Gasteiger partial charge in [0.2, 0.25) is 0 Å². The summed E-state index contributed by atoms with van der Waals surface area (Å²) in [6, 6.07) is 1.44. The summed E-state index contributed by atoms with van der Waals surface area (Å²) in [5, 5.41) is 7.20. The van der Waals surface area contributed by atoms with Gasteiger partial charge in [0.15, 0.2) is 0 Å². The van der Waals surface area contributed by atoms with Crippen molar-refractivity contribution < 1.29 is 4.79 Å². The quantitative estimate of drug-likeness (QED) is 0.930. The fraction of sp³-hybridized carbons (Fsp3) is 0.750. The summed E-state index contributed by atoms with van der Waals surface area (Å²) in [4.78, 5) is 16.8. The van der Waals surface area contributed by atoms with Crippen molar-refractivity contribution in [3.05, 3.63) is 12.4 Å². The second kappa shape index (κ2) is 6.28. The fourth-order valence-electron chi connectivity index (χ4n) is 3.14. The summed E-state index contributed by atoms with van der Waals surface area (Å²) >= 11 is 0. The van der Waals surface area contributed by atoms with Crippen LogP contribution in [0, 0.1) is 0 Å². The van der Waals surface area contributed by atoms with E-state index in [-0.39, 0.29) is 6.03 Å². The zero-order chi connectivity index (χ0) is 15.7. The molecule has 3 rings (SSSR count). The van der Waals surface area contributed by atoms with E-state index in [1.807, 2.05) is 22.8 Å². The molecule has 1 aromatic heterocycles. The first-order valence-corrected chi connectivity index (χ1v) is 8.36. The lowest BCUT2D eigenvalue weighted by Gasteiger charge is -2.36. The van der Waals surface area contributed by atoms with Crippen molar-refractivity contribution >= 4 is 11.7 Å². The zero-order valence-corrected chi connectivity index (χ0v) is 13.8. The minimum Gasteiger partial charge on any atom is -0.325 e. The molecule has 1 saturated carbocycles. The summed E-state index contributed by atoms with van der Waals surface area (Å²) in [6.45, 7) is 6.38. The van der Waals surface area contributed by atoms with Gasteiger partial charge in [0, 0.05) is 44.5 Å². The topological polar surface area (TPSA) is 53.4 Å². The minimum atomic E-state index is -0.0341. The van der Waals surface area contributed by atoms with Crippen LogP contribution in [0.25, 0.3) is 0 Å². The van der Waals surface area contributed by atoms with Gasteiger partial charge in [0.1, 0.15) is 0 Å². The number of rotatable bonds is 4. The number of carbonyl (C=O) groups is 1. The van der Waals surface area contributed by atoms with E-state index < -0.39 is 0 Å². The number of hydrogen-bond acceptors (Lipinski definition) is 3. The van der Waals surface area contributed by atoms with Crippen molar-refractivity contribution in [2.45, 2.75) is 57.7 Å². The molecular formula is C16H27N5O. The first-order chi connectivity index (χ1) is 10.5. The Morgan fingerprint density at radius 1 is 1.32 bits per heavy atom. The van der Waals surface area contributed by atoms with Gasteiger partial charge in [0.25, 0.3) is 0 Å². The first-order valence-electron chi connectivity index (χ1n) is 8.36. The van der Waals surface area contributed by atoms with Crippen molar-refractivity contribution in [3.8, 4) is 0 Å². The predicted molar refractivity (Wildman–Crippen MR) is 87.0 cm³/mol. The molecule has 2 aliphatic rings. The number of nitrogens with zero attached hydrogens (tertiary/aromatic N) is 4. The van der Waals surface area contributed by atoms with E-state index in [0.29, 0.717) is 12.1 Å². The van der Waals surface area contributed by atoms with Crippen molar-refractivity contribution in [1.82, 2.24) is 19.6 Å². The Labute approximate surface area is 132 Å². The lowest BCUT2D eigenvalue weighted by atomic mass is 10.0. The van der Waals surface area contributed by atoms with Gasteiger partial charge < -0.3 is 15.1 Å². The van der Waals surface area contributed by atoms with E-state index >= 15 is 0 Å². The van der Waals surface area contributed by atoms with Crippen LogP contribution in [0.3, 0.4) is 0 Å². The predicted octanol–water partition coefficient (Wildman–Crippen LogP) is 2.55. The fourth-order valence-corrected chi connectivity index (χ4v) is 3.14. The van der Waals surface area contributed by atoms with Gasteiger partial charge in [-0.05, 0) is 39.5 Å². The number of carbonyl (C=O) groups excluding carboxylic acids is 1. The SMILES string of the molecule is CC(C)n1cc(NC(=O)N(C)C2CCN(C3CC3)CC2)cn1. The number of likely N-dealkylation sites (tertiary alicyclic amines) is 1. The minimum absolute atomic E-state index is 0.0341. The summed E-state index contributed by atoms with van der Waals surface area (Å²) in [5.41, 5.74) is 0.765. The molecular weight excluding hydrogens is 278 g/mol. The van der Waals surface area contributed by atoms with Gasteiger partial charge in [-0.2, -0.15) is 5.10 Å². The molecule has 0 spiro atoms. The van der Waals surface area contributed by atoms with Crippen molar-refractivity contribution in [3.63, 3.8) is 0 Å². The van der Waals surface area contributed by atoms with Crippen LogP contribution in [0.2, 0.25) is 0 Å². The van der Waals surface area contributed by atoms with Gasteiger partial charge in [-0.1, -0.05) is 0 Å². The molecule has 6 nitrogen and oxygen atoms in total. The van der Waals surface area contributed by atoms with Crippen molar-refractivity contribution in [2.75, 3.05) is 25.5 Å². The lowest BCUT2D eigenvalue weighted by Crippen LogP contribution is -2.47. The van der Waals surface area contributed by atoms with E-state index in [0.717, 1.165) is 37.7 Å². The summed E-state index contributed by atoms with van der Waals surface area (Å²) in [7, 11) is 1.90. The largest absolute Gasteiger partial charge is 0.325 e. The van der Waals surface area contributed by atoms with Gasteiger partial charge >= 0.3 is 6.03 Å². The maximum atomic E-state index is 12.4. The van der Waals surface area contributed by atoms with Crippen LogP contribution < -0.4 is 5.32 Å². The molecule has 2 fully saturated rings. The van der Waals surface area contributed by atoms with E-state index in [1.165, 1.54) is 12.8 Å². The van der Waals surface area contributed by atoms with Crippen LogP contribution in [0.15, 0.2) is 12.4 Å². The molecule has 1 aliphatic heterocycles. The van der Waals surface area contributed by atoms with Gasteiger partial charge in [-0.3, -0.25) is 4.68 Å². The average molecular weight is 305 g/mol. The Morgan fingerprint density at radius 2 is 2.00 bits per heavy atom. The van der Waals surface area contributed by atoms with E-state index in [2.05, 4.69) is 29.2 Å². The van der Waals surface area contributed by atoms with E-state index in [4.69, 9.17) is 0 Å². The molecule has 0 unspecified atom stereocenters. The number of hydrogen-bond donors (Lipinski definition) is 1. The molecule has 1 N–H and O–H groups in total. The molecule has 0 atom stereocenters. The second-order valence-electron chi connectivity index (χ2n) is 6.84. The number of aromatic nitrogens is 2. The third-order valence-electron chi connectivity index (χ3n) is 4.81. The molecule has 22 heavy (non-hydrogen) atoms. The highest BCUT2D eigenvalue weighted by Gasteiger charge is 2.33. The Morgan fingerprint density at radius 3 is 2.55 bits per heavy atom. The van der Waals surface area contributed by atoms with Crippen LogP contribution in [-0.2, 0) is 0 Å².